The molecule has 1 heterocycles. The highest BCUT2D eigenvalue weighted by Crippen LogP contribution is 2.29. The zero-order valence-corrected chi connectivity index (χ0v) is 15.9. The summed E-state index contributed by atoms with van der Waals surface area (Å²) in [6.45, 7) is 5.66. The van der Waals surface area contributed by atoms with Gasteiger partial charge in [-0.25, -0.2) is 0 Å². The fraction of sp³-hybridized carbons (Fsp3) is 0.381. The zero-order chi connectivity index (χ0) is 18.5. The van der Waals surface area contributed by atoms with E-state index in [9.17, 15) is 4.79 Å². The van der Waals surface area contributed by atoms with E-state index >= 15 is 0 Å². The maximum absolute atomic E-state index is 11.4. The van der Waals surface area contributed by atoms with E-state index in [2.05, 4.69) is 4.90 Å². The van der Waals surface area contributed by atoms with Crippen molar-refractivity contribution in [1.29, 1.82) is 0 Å². The number of aldehydes is 1. The third-order valence-corrected chi connectivity index (χ3v) is 4.65. The third kappa shape index (κ3) is 4.70. The number of rotatable bonds is 6. The van der Waals surface area contributed by atoms with Crippen LogP contribution in [0.3, 0.4) is 0 Å². The summed E-state index contributed by atoms with van der Waals surface area (Å²) in [6.07, 6.45) is 2.97. The average molecular weight is 374 g/mol. The van der Waals surface area contributed by atoms with Gasteiger partial charge in [-0.1, -0.05) is 11.6 Å². The summed E-state index contributed by atoms with van der Waals surface area (Å²) in [5.41, 5.74) is 1.63. The minimum absolute atomic E-state index is 0.100. The average Bonchev–Trinajstić information content (AvgIpc) is 2.64. The van der Waals surface area contributed by atoms with Crippen LogP contribution in [-0.2, 0) is 0 Å². The molecule has 0 unspecified atom stereocenters. The van der Waals surface area contributed by atoms with Crippen molar-refractivity contribution in [2.75, 3.05) is 18.0 Å². The van der Waals surface area contributed by atoms with Crippen molar-refractivity contribution >= 4 is 23.6 Å². The molecular weight excluding hydrogens is 350 g/mol. The smallest absolute Gasteiger partial charge is 0.152 e. The number of hydrogen-bond acceptors (Lipinski definition) is 4. The lowest BCUT2D eigenvalue weighted by Crippen LogP contribution is -2.38. The molecule has 26 heavy (non-hydrogen) atoms. The van der Waals surface area contributed by atoms with Gasteiger partial charge in [0.05, 0.1) is 11.8 Å². The van der Waals surface area contributed by atoms with Crippen molar-refractivity contribution in [3.8, 4) is 11.5 Å². The van der Waals surface area contributed by atoms with E-state index in [1.165, 1.54) is 0 Å². The van der Waals surface area contributed by atoms with E-state index < -0.39 is 0 Å². The van der Waals surface area contributed by atoms with Crippen LogP contribution in [-0.4, -0.2) is 31.6 Å². The number of benzene rings is 2. The molecule has 1 aliphatic rings. The molecule has 1 fully saturated rings. The molecule has 0 bridgehead atoms. The van der Waals surface area contributed by atoms with Gasteiger partial charge in [0, 0.05) is 42.6 Å². The molecular formula is C21H24ClNO3. The second-order valence-corrected chi connectivity index (χ2v) is 7.20. The first kappa shape index (κ1) is 18.6. The molecule has 2 aromatic carbocycles. The topological polar surface area (TPSA) is 38.8 Å². The molecule has 4 nitrogen and oxygen atoms in total. The predicted molar refractivity (Wildman–Crippen MR) is 105 cm³/mol. The van der Waals surface area contributed by atoms with Crippen molar-refractivity contribution in [1.82, 2.24) is 0 Å². The second kappa shape index (κ2) is 8.45. The van der Waals surface area contributed by atoms with Crippen LogP contribution >= 0.6 is 11.6 Å². The van der Waals surface area contributed by atoms with Crippen LogP contribution in [0.2, 0.25) is 5.02 Å². The molecule has 1 aliphatic heterocycles. The number of halogens is 1. The number of nitrogens with zero attached hydrogens (tertiary/aromatic N) is 1. The van der Waals surface area contributed by atoms with Gasteiger partial charge in [0.15, 0.2) is 6.29 Å². The lowest BCUT2D eigenvalue weighted by atomic mass is 10.0. The van der Waals surface area contributed by atoms with Crippen LogP contribution in [0.5, 0.6) is 11.5 Å². The van der Waals surface area contributed by atoms with E-state index in [-0.39, 0.29) is 12.2 Å². The first-order chi connectivity index (χ1) is 12.5. The van der Waals surface area contributed by atoms with Crippen LogP contribution in [0, 0.1) is 0 Å². The highest BCUT2D eigenvalue weighted by molar-refractivity contribution is 6.30. The molecule has 0 spiro atoms. The molecule has 0 radical (unpaired) electrons. The maximum Gasteiger partial charge on any atom is 0.152 e. The summed E-state index contributed by atoms with van der Waals surface area (Å²) in [4.78, 5) is 13.7. The molecule has 0 saturated carbocycles. The number of anilines is 1. The molecule has 0 amide bonds. The molecule has 3 rings (SSSR count). The monoisotopic (exact) mass is 373 g/mol. The van der Waals surface area contributed by atoms with E-state index in [0.29, 0.717) is 10.6 Å². The van der Waals surface area contributed by atoms with Crippen LogP contribution in [0.15, 0.2) is 42.5 Å². The number of carbonyl (C=O) groups is 1. The maximum atomic E-state index is 11.4. The van der Waals surface area contributed by atoms with Crippen LogP contribution in [0.25, 0.3) is 0 Å². The van der Waals surface area contributed by atoms with Gasteiger partial charge in [-0.2, -0.15) is 0 Å². The van der Waals surface area contributed by atoms with Crippen molar-refractivity contribution in [3.63, 3.8) is 0 Å². The molecule has 138 valence electrons. The van der Waals surface area contributed by atoms with Crippen molar-refractivity contribution in [3.05, 3.63) is 53.1 Å². The first-order valence-corrected chi connectivity index (χ1v) is 9.36. The number of hydrogen-bond donors (Lipinski definition) is 0. The SMILES string of the molecule is CC(C)Oc1ccc(C=O)c(N2CCC(Oc3ccc(Cl)cc3)CC2)c1. The minimum atomic E-state index is 0.100. The molecule has 5 heteroatoms. The molecule has 0 atom stereocenters. The molecule has 1 saturated heterocycles. The van der Waals surface area contributed by atoms with Crippen LogP contribution in [0.1, 0.15) is 37.0 Å². The van der Waals surface area contributed by atoms with Crippen molar-refractivity contribution < 1.29 is 14.3 Å². The van der Waals surface area contributed by atoms with Gasteiger partial charge in [-0.05, 0) is 50.2 Å². The summed E-state index contributed by atoms with van der Waals surface area (Å²) in [7, 11) is 0. The Hall–Kier alpha value is -2.20. The Labute approximate surface area is 159 Å². The largest absolute Gasteiger partial charge is 0.491 e. The Morgan fingerprint density at radius 3 is 2.35 bits per heavy atom. The van der Waals surface area contributed by atoms with Crippen molar-refractivity contribution in [2.24, 2.45) is 0 Å². The summed E-state index contributed by atoms with van der Waals surface area (Å²) in [6, 6.07) is 13.1. The molecule has 0 aliphatic carbocycles. The van der Waals surface area contributed by atoms with E-state index in [4.69, 9.17) is 21.1 Å². The normalized spacial score (nSPS) is 15.2. The van der Waals surface area contributed by atoms with Crippen LogP contribution in [0.4, 0.5) is 5.69 Å². The highest BCUT2D eigenvalue weighted by atomic mass is 35.5. The van der Waals surface area contributed by atoms with Crippen LogP contribution < -0.4 is 14.4 Å². The zero-order valence-electron chi connectivity index (χ0n) is 15.2. The summed E-state index contributed by atoms with van der Waals surface area (Å²) in [5, 5.41) is 0.706. The lowest BCUT2D eigenvalue weighted by Gasteiger charge is -2.34. The summed E-state index contributed by atoms with van der Waals surface area (Å²) >= 11 is 5.91. The summed E-state index contributed by atoms with van der Waals surface area (Å²) in [5.74, 6) is 1.63. The van der Waals surface area contributed by atoms with Gasteiger partial charge in [0.1, 0.15) is 17.6 Å². The Morgan fingerprint density at radius 1 is 1.08 bits per heavy atom. The fourth-order valence-corrected chi connectivity index (χ4v) is 3.29. The molecule has 0 N–H and O–H groups in total. The van der Waals surface area contributed by atoms with Gasteiger partial charge >= 0.3 is 0 Å². The van der Waals surface area contributed by atoms with Gasteiger partial charge in [-0.15, -0.1) is 0 Å². The fourth-order valence-electron chi connectivity index (χ4n) is 3.16. The first-order valence-electron chi connectivity index (χ1n) is 8.98. The number of carbonyl (C=O) groups excluding carboxylic acids is 1. The standard InChI is InChI=1S/C21H24ClNO3/c1-15(2)25-20-6-3-16(14-24)21(13-20)23-11-9-19(10-12-23)26-18-7-4-17(22)5-8-18/h3-8,13-15,19H,9-12H2,1-2H3. The third-order valence-electron chi connectivity index (χ3n) is 4.40. The minimum Gasteiger partial charge on any atom is -0.491 e. The highest BCUT2D eigenvalue weighted by Gasteiger charge is 2.23. The van der Waals surface area contributed by atoms with Crippen molar-refractivity contribution in [2.45, 2.75) is 38.9 Å². The predicted octanol–water partition coefficient (Wildman–Crippen LogP) is 4.99. The molecule has 0 aromatic heterocycles. The van der Waals surface area contributed by atoms with E-state index in [1.807, 2.05) is 56.3 Å². The van der Waals surface area contributed by atoms with Gasteiger partial charge in [-0.3, -0.25) is 4.79 Å². The van der Waals surface area contributed by atoms with E-state index in [0.717, 1.165) is 49.4 Å². The Bertz CT molecular complexity index is 737. The Balaban J connectivity index is 1.65. The number of ether oxygens (including phenoxy) is 2. The summed E-state index contributed by atoms with van der Waals surface area (Å²) < 4.78 is 11.8. The molecule has 2 aromatic rings. The van der Waals surface area contributed by atoms with Gasteiger partial charge in [0.2, 0.25) is 0 Å². The lowest BCUT2D eigenvalue weighted by molar-refractivity contribution is 0.112. The number of piperidine rings is 1. The second-order valence-electron chi connectivity index (χ2n) is 6.76. The quantitative estimate of drug-likeness (QED) is 0.669. The Kier molecular flexibility index (Phi) is 6.04. The van der Waals surface area contributed by atoms with E-state index in [1.54, 1.807) is 0 Å². The van der Waals surface area contributed by atoms with Gasteiger partial charge < -0.3 is 14.4 Å². The Morgan fingerprint density at radius 2 is 1.73 bits per heavy atom. The van der Waals surface area contributed by atoms with Gasteiger partial charge in [0.25, 0.3) is 0 Å².